The normalized spacial score (nSPS) is 18.4. The molecular formula is C28H33N5O5S. The van der Waals surface area contributed by atoms with Gasteiger partial charge in [-0.3, -0.25) is 19.3 Å². The van der Waals surface area contributed by atoms with Crippen LogP contribution in [0.15, 0.2) is 34.6 Å². The minimum atomic E-state index is -0.674. The molecule has 0 bridgehead atoms. The topological polar surface area (TPSA) is 126 Å². The van der Waals surface area contributed by atoms with Crippen LogP contribution in [0, 0.1) is 0 Å². The molecule has 5 rings (SSSR count). The number of β-amino-alcohol motifs (C(OH)–C–C–N with tert-alkyl or cyclic N) is 1. The first kappa shape index (κ1) is 27.0. The summed E-state index contributed by atoms with van der Waals surface area (Å²) in [4.78, 5) is 50.1. The monoisotopic (exact) mass is 551 g/mol. The molecule has 4 heterocycles. The van der Waals surface area contributed by atoms with Gasteiger partial charge in [0.2, 0.25) is 0 Å². The Labute approximate surface area is 230 Å². The zero-order chi connectivity index (χ0) is 27.7. The van der Waals surface area contributed by atoms with Crippen molar-refractivity contribution in [3.63, 3.8) is 0 Å². The fraction of sp³-hybridized carbons (Fsp3) is 0.464. The zero-order valence-corrected chi connectivity index (χ0v) is 23.2. The molecule has 1 saturated heterocycles. The van der Waals surface area contributed by atoms with Gasteiger partial charge < -0.3 is 14.7 Å². The van der Waals surface area contributed by atoms with Crippen LogP contribution in [0.2, 0.25) is 0 Å². The summed E-state index contributed by atoms with van der Waals surface area (Å²) in [5.74, 6) is -0.0912. The zero-order valence-electron chi connectivity index (χ0n) is 22.3. The number of thiazole rings is 1. The van der Waals surface area contributed by atoms with E-state index in [0.29, 0.717) is 41.9 Å². The van der Waals surface area contributed by atoms with E-state index >= 15 is 0 Å². The fourth-order valence-electron chi connectivity index (χ4n) is 4.71. The van der Waals surface area contributed by atoms with E-state index in [9.17, 15) is 19.5 Å². The van der Waals surface area contributed by atoms with Gasteiger partial charge in [-0.05, 0) is 64.7 Å². The number of anilines is 2. The van der Waals surface area contributed by atoms with Crippen molar-refractivity contribution in [2.45, 2.75) is 70.5 Å². The number of nitrogens with zero attached hydrogens (tertiary/aromatic N) is 4. The number of hydrogen-bond donors (Lipinski definition) is 2. The maximum atomic E-state index is 13.6. The number of pyridine rings is 1. The third-order valence-corrected chi connectivity index (χ3v) is 7.64. The van der Waals surface area contributed by atoms with E-state index in [1.807, 2.05) is 10.3 Å². The quantitative estimate of drug-likeness (QED) is 0.348. The van der Waals surface area contributed by atoms with Gasteiger partial charge in [0.15, 0.2) is 5.13 Å². The Bertz CT molecular complexity index is 1480. The summed E-state index contributed by atoms with van der Waals surface area (Å²) in [6.45, 7) is 6.20. The van der Waals surface area contributed by atoms with Gasteiger partial charge in [-0.2, -0.15) is 0 Å². The molecule has 1 atom stereocenters. The number of carbonyl (C=O) groups is 2. The second-order valence-corrected chi connectivity index (χ2v) is 11.9. The lowest BCUT2D eigenvalue weighted by Gasteiger charge is -2.32. The molecule has 39 heavy (non-hydrogen) atoms. The van der Waals surface area contributed by atoms with Crippen LogP contribution in [-0.4, -0.2) is 56.1 Å². The summed E-state index contributed by atoms with van der Waals surface area (Å²) >= 11 is 1.40. The number of carbonyl (C=O) groups excluding carboxylic acids is 2. The second-order valence-electron chi connectivity index (χ2n) is 11.1. The van der Waals surface area contributed by atoms with Gasteiger partial charge in [-0.15, -0.1) is 11.3 Å². The lowest BCUT2D eigenvalue weighted by Crippen LogP contribution is -2.40. The van der Waals surface area contributed by atoms with Crippen molar-refractivity contribution in [1.29, 1.82) is 0 Å². The van der Waals surface area contributed by atoms with Crippen molar-refractivity contribution < 1.29 is 19.4 Å². The maximum absolute atomic E-state index is 13.6. The lowest BCUT2D eigenvalue weighted by atomic mass is 9.83. The van der Waals surface area contributed by atoms with Crippen molar-refractivity contribution in [2.24, 2.45) is 0 Å². The van der Waals surface area contributed by atoms with Crippen molar-refractivity contribution in [3.8, 4) is 0 Å². The molecule has 3 aromatic heterocycles. The van der Waals surface area contributed by atoms with E-state index in [1.54, 1.807) is 32.9 Å². The Morgan fingerprint density at radius 2 is 2.00 bits per heavy atom. The van der Waals surface area contributed by atoms with Crippen LogP contribution in [0.5, 0.6) is 0 Å². The number of aliphatic hydroxyl groups is 1. The molecule has 1 aliphatic carbocycles. The van der Waals surface area contributed by atoms with Gasteiger partial charge in [-0.1, -0.05) is 6.42 Å². The predicted octanol–water partition coefficient (Wildman–Crippen LogP) is 3.99. The van der Waals surface area contributed by atoms with E-state index in [-0.39, 0.29) is 17.1 Å². The molecule has 0 spiro atoms. The van der Waals surface area contributed by atoms with E-state index in [0.717, 1.165) is 25.0 Å². The van der Waals surface area contributed by atoms with Gasteiger partial charge >= 0.3 is 5.97 Å². The summed E-state index contributed by atoms with van der Waals surface area (Å²) in [6, 6.07) is 3.11. The number of ether oxygens (including phenoxy) is 1. The molecule has 1 amide bonds. The number of fused-ring (bicyclic) bond motifs is 1. The van der Waals surface area contributed by atoms with E-state index in [2.05, 4.69) is 10.3 Å². The van der Waals surface area contributed by atoms with E-state index in [1.165, 1.54) is 40.5 Å². The van der Waals surface area contributed by atoms with Gasteiger partial charge in [0.05, 0.1) is 17.4 Å². The average Bonchev–Trinajstić information content (AvgIpc) is 3.28. The van der Waals surface area contributed by atoms with Crippen LogP contribution in [-0.2, 0) is 9.53 Å². The van der Waals surface area contributed by atoms with Gasteiger partial charge in [0, 0.05) is 42.2 Å². The summed E-state index contributed by atoms with van der Waals surface area (Å²) in [5.41, 5.74) is 0.776. The first-order valence-corrected chi connectivity index (χ1v) is 14.1. The molecule has 3 aromatic rings. The molecule has 2 N–H and O–H groups in total. The summed E-state index contributed by atoms with van der Waals surface area (Å²) in [7, 11) is 0. The number of nitrogens with one attached hydrogen (secondary N) is 1. The SMILES string of the molecule is CC(C)(C)OC(=O)C=Cc1c(N2CCCC(O)C2)nc2cc(C(=O)Nc3nc(C4CCC4)cs3)ccn2c1=O. The number of rotatable bonds is 6. The fourth-order valence-corrected chi connectivity index (χ4v) is 5.49. The van der Waals surface area contributed by atoms with Crippen LogP contribution < -0.4 is 15.8 Å². The Kier molecular flexibility index (Phi) is 7.55. The maximum Gasteiger partial charge on any atom is 0.331 e. The Morgan fingerprint density at radius 3 is 2.69 bits per heavy atom. The average molecular weight is 552 g/mol. The summed E-state index contributed by atoms with van der Waals surface area (Å²) < 4.78 is 6.69. The molecule has 2 fully saturated rings. The molecule has 0 radical (unpaired) electrons. The van der Waals surface area contributed by atoms with E-state index in [4.69, 9.17) is 9.72 Å². The number of hydrogen-bond acceptors (Lipinski definition) is 9. The minimum Gasteiger partial charge on any atom is -0.457 e. The molecule has 11 heteroatoms. The van der Waals surface area contributed by atoms with Crippen molar-refractivity contribution in [3.05, 3.63) is 57.0 Å². The van der Waals surface area contributed by atoms with Crippen LogP contribution in [0.3, 0.4) is 0 Å². The third kappa shape index (κ3) is 6.20. The second kappa shape index (κ2) is 10.9. The van der Waals surface area contributed by atoms with Crippen molar-refractivity contribution in [2.75, 3.05) is 23.3 Å². The summed E-state index contributed by atoms with van der Waals surface area (Å²) in [6.07, 6.45) is 8.45. The molecule has 1 saturated carbocycles. The molecule has 0 aromatic carbocycles. The Hall–Kier alpha value is -3.57. The number of piperidine rings is 1. The Morgan fingerprint density at radius 1 is 1.21 bits per heavy atom. The molecule has 206 valence electrons. The molecule has 10 nitrogen and oxygen atoms in total. The van der Waals surface area contributed by atoms with Crippen LogP contribution >= 0.6 is 11.3 Å². The van der Waals surface area contributed by atoms with Crippen molar-refractivity contribution in [1.82, 2.24) is 14.4 Å². The van der Waals surface area contributed by atoms with Gasteiger partial charge in [0.25, 0.3) is 11.5 Å². The highest BCUT2D eigenvalue weighted by atomic mass is 32.1. The highest BCUT2D eigenvalue weighted by molar-refractivity contribution is 7.14. The van der Waals surface area contributed by atoms with Crippen molar-refractivity contribution >= 4 is 45.9 Å². The molecular weight excluding hydrogens is 518 g/mol. The molecule has 2 aliphatic rings. The number of amides is 1. The van der Waals surface area contributed by atoms with Gasteiger partial charge in [-0.25, -0.2) is 14.8 Å². The third-order valence-electron chi connectivity index (χ3n) is 6.86. The highest BCUT2D eigenvalue weighted by Crippen LogP contribution is 2.37. The molecule has 1 aliphatic heterocycles. The Balaban J connectivity index is 1.47. The van der Waals surface area contributed by atoms with Crippen LogP contribution in [0.1, 0.15) is 80.4 Å². The van der Waals surface area contributed by atoms with Gasteiger partial charge in [0.1, 0.15) is 17.1 Å². The number of aromatic nitrogens is 3. The minimum absolute atomic E-state index is 0.205. The van der Waals surface area contributed by atoms with Crippen LogP contribution in [0.4, 0.5) is 10.9 Å². The predicted molar refractivity (Wildman–Crippen MR) is 150 cm³/mol. The summed E-state index contributed by atoms with van der Waals surface area (Å²) in [5, 5.41) is 15.7. The molecule has 1 unspecified atom stereocenters. The number of esters is 1. The first-order valence-electron chi connectivity index (χ1n) is 13.2. The largest absolute Gasteiger partial charge is 0.457 e. The first-order chi connectivity index (χ1) is 18.6. The van der Waals surface area contributed by atoms with E-state index < -0.39 is 23.2 Å². The highest BCUT2D eigenvalue weighted by Gasteiger charge is 2.25. The lowest BCUT2D eigenvalue weighted by molar-refractivity contribution is -0.148. The van der Waals surface area contributed by atoms with Crippen LogP contribution in [0.25, 0.3) is 11.7 Å². The number of aliphatic hydroxyl groups excluding tert-OH is 1. The smallest absolute Gasteiger partial charge is 0.331 e. The standard InChI is InChI=1S/C28H33N5O5S/c1-28(2,3)38-23(35)10-9-20-24(32-12-5-8-19(34)15-32)30-22-14-18(11-13-33(22)26(20)37)25(36)31-27-29-21(16-39-27)17-6-4-7-17/h9-11,13-14,16-17,19,34H,4-8,12,15H2,1-3H3,(H,29,31,36).